The molecule has 0 saturated carbocycles. The van der Waals surface area contributed by atoms with Gasteiger partial charge in [0.15, 0.2) is 5.78 Å². The molecule has 3 N–H and O–H groups in total. The van der Waals surface area contributed by atoms with Gasteiger partial charge in [0, 0.05) is 42.5 Å². The zero-order valence-corrected chi connectivity index (χ0v) is 16.2. The number of nitro groups is 1. The summed E-state index contributed by atoms with van der Waals surface area (Å²) in [4.78, 5) is 36.8. The van der Waals surface area contributed by atoms with E-state index < -0.39 is 16.6 Å². The van der Waals surface area contributed by atoms with Gasteiger partial charge >= 0.3 is 0 Å². The van der Waals surface area contributed by atoms with Crippen LogP contribution in [0.15, 0.2) is 59.8 Å². The Hall–Kier alpha value is -3.85. The highest BCUT2D eigenvalue weighted by atomic mass is 16.6. The second-order valence-electron chi connectivity index (χ2n) is 6.75. The molecule has 0 radical (unpaired) electrons. The van der Waals surface area contributed by atoms with Crippen molar-refractivity contribution >= 4 is 34.5 Å². The zero-order chi connectivity index (χ0) is 21.8. The first-order valence-electron chi connectivity index (χ1n) is 9.18. The molecule has 9 heteroatoms. The first kappa shape index (κ1) is 20.9. The van der Waals surface area contributed by atoms with E-state index in [9.17, 15) is 24.8 Å². The highest BCUT2D eigenvalue weighted by Gasteiger charge is 2.31. The second kappa shape index (κ2) is 8.66. The molecule has 154 valence electrons. The first-order valence-corrected chi connectivity index (χ1v) is 9.18. The minimum Gasteiger partial charge on any atom is -0.392 e. The summed E-state index contributed by atoms with van der Waals surface area (Å²) >= 11 is 0. The number of rotatable bonds is 7. The van der Waals surface area contributed by atoms with Crippen LogP contribution < -0.4 is 10.2 Å². The summed E-state index contributed by atoms with van der Waals surface area (Å²) in [6, 6.07) is 12.4. The quantitative estimate of drug-likeness (QED) is 0.366. The van der Waals surface area contributed by atoms with Gasteiger partial charge < -0.3 is 15.3 Å². The second-order valence-corrected chi connectivity index (χ2v) is 6.75. The van der Waals surface area contributed by atoms with E-state index in [-0.39, 0.29) is 36.7 Å². The van der Waals surface area contributed by atoms with Crippen molar-refractivity contribution in [2.45, 2.75) is 20.0 Å². The summed E-state index contributed by atoms with van der Waals surface area (Å²) in [6.45, 7) is 1.39. The smallest absolute Gasteiger partial charge is 0.275 e. The minimum atomic E-state index is -0.517. The maximum Gasteiger partial charge on any atom is 0.275 e. The van der Waals surface area contributed by atoms with E-state index in [2.05, 4.69) is 5.32 Å². The maximum absolute atomic E-state index is 13.2. The van der Waals surface area contributed by atoms with E-state index in [1.165, 1.54) is 36.1 Å². The molecular formula is C21H20N4O5. The third kappa shape index (κ3) is 4.26. The van der Waals surface area contributed by atoms with Crippen molar-refractivity contribution in [1.82, 2.24) is 0 Å². The highest BCUT2D eigenvalue weighted by Crippen LogP contribution is 2.28. The van der Waals surface area contributed by atoms with Crippen molar-refractivity contribution in [1.29, 1.82) is 5.41 Å². The molecule has 0 aromatic heterocycles. The van der Waals surface area contributed by atoms with Crippen LogP contribution >= 0.6 is 0 Å². The average Bonchev–Trinajstić information content (AvgIpc) is 2.75. The lowest BCUT2D eigenvalue weighted by atomic mass is 9.96. The predicted octanol–water partition coefficient (Wildman–Crippen LogP) is 2.80. The Morgan fingerprint density at radius 2 is 1.83 bits per heavy atom. The van der Waals surface area contributed by atoms with E-state index in [0.717, 1.165) is 0 Å². The Balaban J connectivity index is 1.97. The van der Waals surface area contributed by atoms with Crippen LogP contribution in [0.2, 0.25) is 0 Å². The lowest BCUT2D eigenvalue weighted by Gasteiger charge is -2.31. The van der Waals surface area contributed by atoms with Crippen molar-refractivity contribution in [3.8, 4) is 0 Å². The molecule has 1 aliphatic heterocycles. The molecule has 2 aromatic carbocycles. The van der Waals surface area contributed by atoms with Crippen LogP contribution in [0.4, 0.5) is 17.1 Å². The molecule has 0 bridgehead atoms. The monoisotopic (exact) mass is 408 g/mol. The number of nitrogens with one attached hydrogen (secondary N) is 2. The highest BCUT2D eigenvalue weighted by molar-refractivity contribution is 6.45. The van der Waals surface area contributed by atoms with Gasteiger partial charge in [-0.2, -0.15) is 0 Å². The Kier molecular flexibility index (Phi) is 6.03. The Bertz CT molecular complexity index is 1040. The van der Waals surface area contributed by atoms with Crippen LogP contribution in [0, 0.1) is 15.5 Å². The fraction of sp³-hybridized carbons (Fsp3) is 0.190. The number of ketones is 1. The molecule has 0 atom stereocenters. The molecule has 2 aromatic rings. The van der Waals surface area contributed by atoms with Crippen LogP contribution in [-0.2, 0) is 16.2 Å². The lowest BCUT2D eigenvalue weighted by Crippen LogP contribution is -2.41. The van der Waals surface area contributed by atoms with Gasteiger partial charge in [-0.1, -0.05) is 12.1 Å². The SMILES string of the molecule is CC(=O)C(=N)C1=C(Nc2ccc(CO)cc2)C(=O)N(c2ccc([N+](=O)[O-])cc2)CC1. The zero-order valence-electron chi connectivity index (χ0n) is 16.2. The van der Waals surface area contributed by atoms with Crippen LogP contribution in [0.3, 0.4) is 0 Å². The van der Waals surface area contributed by atoms with Gasteiger partial charge in [0.25, 0.3) is 11.6 Å². The molecule has 3 rings (SSSR count). The van der Waals surface area contributed by atoms with Crippen molar-refractivity contribution < 1.29 is 19.6 Å². The van der Waals surface area contributed by atoms with Crippen LogP contribution in [0.5, 0.6) is 0 Å². The number of non-ortho nitro benzene ring substituents is 1. The van der Waals surface area contributed by atoms with Gasteiger partial charge in [-0.05, 0) is 36.2 Å². The summed E-state index contributed by atoms with van der Waals surface area (Å²) in [5.41, 5.74) is 1.85. The van der Waals surface area contributed by atoms with Gasteiger partial charge in [0.2, 0.25) is 0 Å². The van der Waals surface area contributed by atoms with E-state index in [1.54, 1.807) is 24.3 Å². The molecule has 0 saturated heterocycles. The molecule has 1 heterocycles. The molecule has 1 aliphatic rings. The van der Waals surface area contributed by atoms with Crippen molar-refractivity contribution in [3.63, 3.8) is 0 Å². The third-order valence-corrected chi connectivity index (χ3v) is 4.78. The fourth-order valence-corrected chi connectivity index (χ4v) is 3.14. The summed E-state index contributed by atoms with van der Waals surface area (Å²) in [6.07, 6.45) is 0.276. The maximum atomic E-state index is 13.2. The van der Waals surface area contributed by atoms with E-state index in [0.29, 0.717) is 22.5 Å². The van der Waals surface area contributed by atoms with E-state index >= 15 is 0 Å². The molecule has 30 heavy (non-hydrogen) atoms. The Labute approximate surface area is 172 Å². The number of anilines is 2. The lowest BCUT2D eigenvalue weighted by molar-refractivity contribution is -0.384. The van der Waals surface area contributed by atoms with Crippen molar-refractivity contribution in [3.05, 3.63) is 75.5 Å². The molecule has 0 spiro atoms. The standard InChI is InChI=1S/C21H20N4O5/c1-13(27)19(22)18-10-11-24(16-6-8-17(9-7-16)25(29)30)21(28)20(18)23-15-4-2-14(12-26)3-5-15/h2-9,22-23,26H,10-12H2,1H3. The van der Waals surface area contributed by atoms with Gasteiger partial charge in [0.1, 0.15) is 11.4 Å². The third-order valence-electron chi connectivity index (χ3n) is 4.78. The number of hydrogen-bond donors (Lipinski definition) is 3. The number of carbonyl (C=O) groups excluding carboxylic acids is 2. The number of amides is 1. The summed E-state index contributed by atoms with van der Waals surface area (Å²) in [5, 5.41) is 31.2. The van der Waals surface area contributed by atoms with Crippen LogP contribution in [-0.4, -0.2) is 34.0 Å². The van der Waals surface area contributed by atoms with E-state index in [1.807, 2.05) is 0 Å². The number of hydrogen-bond acceptors (Lipinski definition) is 7. The van der Waals surface area contributed by atoms with Gasteiger partial charge in [-0.3, -0.25) is 25.1 Å². The Morgan fingerprint density at radius 1 is 1.20 bits per heavy atom. The summed E-state index contributed by atoms with van der Waals surface area (Å²) < 4.78 is 0. The van der Waals surface area contributed by atoms with E-state index in [4.69, 9.17) is 5.41 Å². The molecule has 0 unspecified atom stereocenters. The van der Waals surface area contributed by atoms with Crippen LogP contribution in [0.25, 0.3) is 0 Å². The molecule has 9 nitrogen and oxygen atoms in total. The number of nitro benzene ring substituents is 1. The van der Waals surface area contributed by atoms with Gasteiger partial charge in [-0.25, -0.2) is 0 Å². The largest absolute Gasteiger partial charge is 0.392 e. The number of aliphatic hydroxyl groups excluding tert-OH is 1. The molecular weight excluding hydrogens is 388 g/mol. The average molecular weight is 408 g/mol. The molecule has 0 aliphatic carbocycles. The predicted molar refractivity (Wildman–Crippen MR) is 111 cm³/mol. The number of benzene rings is 2. The topological polar surface area (TPSA) is 137 Å². The number of Topliss-reactive ketones (excluding diaryl/α,β-unsaturated/α-hetero) is 1. The number of aliphatic hydroxyl groups is 1. The molecule has 1 amide bonds. The summed E-state index contributed by atoms with van der Waals surface area (Å²) in [7, 11) is 0. The molecule has 0 fully saturated rings. The number of carbonyl (C=O) groups is 2. The van der Waals surface area contributed by atoms with Gasteiger partial charge in [-0.15, -0.1) is 0 Å². The number of nitrogens with zero attached hydrogens (tertiary/aromatic N) is 2. The minimum absolute atomic E-state index is 0.0832. The van der Waals surface area contributed by atoms with Gasteiger partial charge in [0.05, 0.1) is 11.5 Å². The normalized spacial score (nSPS) is 13.9. The van der Waals surface area contributed by atoms with Crippen LogP contribution in [0.1, 0.15) is 18.9 Å². The first-order chi connectivity index (χ1) is 14.3. The Morgan fingerprint density at radius 3 is 2.37 bits per heavy atom. The summed E-state index contributed by atoms with van der Waals surface area (Å²) in [5.74, 6) is -0.890. The fourth-order valence-electron chi connectivity index (χ4n) is 3.14. The van der Waals surface area contributed by atoms with Crippen molar-refractivity contribution in [2.24, 2.45) is 0 Å². The van der Waals surface area contributed by atoms with Crippen molar-refractivity contribution in [2.75, 3.05) is 16.8 Å².